The fourth-order valence-electron chi connectivity index (χ4n) is 1.20. The van der Waals surface area contributed by atoms with Crippen LogP contribution in [0.1, 0.15) is 26.6 Å². The van der Waals surface area contributed by atoms with Crippen LogP contribution < -0.4 is 16.6 Å². The van der Waals surface area contributed by atoms with Gasteiger partial charge in [-0.05, 0) is 20.8 Å². The zero-order valence-corrected chi connectivity index (χ0v) is 9.95. The average molecular weight is 225 g/mol. The number of anilines is 2. The first-order chi connectivity index (χ1) is 7.65. The molecule has 0 bridgehead atoms. The lowest BCUT2D eigenvalue weighted by molar-refractivity contribution is 0.128. The Hall–Kier alpha value is -1.40. The molecule has 90 valence electrons. The topological polar surface area (TPSA) is 85.1 Å². The molecule has 0 unspecified atom stereocenters. The minimum Gasteiger partial charge on any atom is -0.374 e. The summed E-state index contributed by atoms with van der Waals surface area (Å²) in [5, 5.41) is 3.19. The van der Waals surface area contributed by atoms with Gasteiger partial charge in [0.15, 0.2) is 5.82 Å². The largest absolute Gasteiger partial charge is 0.374 e. The summed E-state index contributed by atoms with van der Waals surface area (Å²) >= 11 is 0. The minimum absolute atomic E-state index is 0.306. The molecule has 0 aliphatic heterocycles. The lowest BCUT2D eigenvalue weighted by Crippen LogP contribution is -2.15. The van der Waals surface area contributed by atoms with Crippen LogP contribution in [0.4, 0.5) is 11.6 Å². The molecular weight excluding hydrogens is 206 g/mol. The zero-order chi connectivity index (χ0) is 12.0. The molecule has 0 aliphatic rings. The monoisotopic (exact) mass is 225 g/mol. The van der Waals surface area contributed by atoms with Crippen LogP contribution in [0.25, 0.3) is 0 Å². The number of nitrogens with one attached hydrogen (secondary N) is 2. The van der Waals surface area contributed by atoms with Crippen LogP contribution in [0.2, 0.25) is 0 Å². The Balaban J connectivity index is 2.82. The number of ether oxygens (including phenoxy) is 1. The number of hydrazine groups is 1. The summed E-state index contributed by atoms with van der Waals surface area (Å²) in [6, 6.07) is 2.07. The predicted molar refractivity (Wildman–Crippen MR) is 63.9 cm³/mol. The van der Waals surface area contributed by atoms with Crippen molar-refractivity contribution in [1.82, 2.24) is 9.97 Å². The van der Waals surface area contributed by atoms with E-state index in [-0.39, 0.29) is 0 Å². The smallest absolute Gasteiger partial charge is 0.158 e. The predicted octanol–water partition coefficient (Wildman–Crippen LogP) is 1.12. The second kappa shape index (κ2) is 6.24. The summed E-state index contributed by atoms with van der Waals surface area (Å²) < 4.78 is 5.26. The number of nitrogen functional groups attached to an aromatic ring is 1. The normalized spacial score (nSPS) is 10.6. The van der Waals surface area contributed by atoms with Crippen LogP contribution in [0.15, 0.2) is 6.07 Å². The van der Waals surface area contributed by atoms with Crippen molar-refractivity contribution in [2.45, 2.75) is 33.4 Å². The first-order valence-corrected chi connectivity index (χ1v) is 5.34. The van der Waals surface area contributed by atoms with Gasteiger partial charge in [-0.15, -0.1) is 0 Å². The van der Waals surface area contributed by atoms with E-state index in [2.05, 4.69) is 20.7 Å². The Morgan fingerprint density at radius 1 is 1.38 bits per heavy atom. The van der Waals surface area contributed by atoms with E-state index in [1.807, 2.05) is 20.8 Å². The van der Waals surface area contributed by atoms with Crippen molar-refractivity contribution < 1.29 is 4.74 Å². The summed E-state index contributed by atoms with van der Waals surface area (Å²) in [7, 11) is 0. The van der Waals surface area contributed by atoms with Crippen molar-refractivity contribution in [3.05, 3.63) is 11.9 Å². The van der Waals surface area contributed by atoms with Gasteiger partial charge in [-0.1, -0.05) is 0 Å². The lowest BCUT2D eigenvalue weighted by Gasteiger charge is -2.11. The number of rotatable bonds is 6. The van der Waals surface area contributed by atoms with Gasteiger partial charge in [0.25, 0.3) is 0 Å². The Morgan fingerprint density at radius 2 is 2.06 bits per heavy atom. The second-order valence-corrected chi connectivity index (χ2v) is 3.64. The third-order valence-electron chi connectivity index (χ3n) is 1.79. The number of hydrogen-bond acceptors (Lipinski definition) is 6. The molecule has 1 heterocycles. The van der Waals surface area contributed by atoms with Gasteiger partial charge in [0.2, 0.25) is 0 Å². The third kappa shape index (κ3) is 4.00. The lowest BCUT2D eigenvalue weighted by atomic mass is 10.4. The van der Waals surface area contributed by atoms with E-state index in [4.69, 9.17) is 10.6 Å². The molecule has 0 aromatic carbocycles. The second-order valence-electron chi connectivity index (χ2n) is 3.64. The molecule has 1 aromatic rings. The molecule has 1 rings (SSSR count). The van der Waals surface area contributed by atoms with Gasteiger partial charge in [0.05, 0.1) is 0 Å². The maximum absolute atomic E-state index is 5.34. The highest BCUT2D eigenvalue weighted by Gasteiger charge is 2.04. The van der Waals surface area contributed by atoms with Crippen molar-refractivity contribution in [1.29, 1.82) is 0 Å². The minimum atomic E-state index is 0.306. The van der Waals surface area contributed by atoms with Crippen LogP contribution >= 0.6 is 0 Å². The number of hydrogen-bond donors (Lipinski definition) is 3. The fourth-order valence-corrected chi connectivity index (χ4v) is 1.20. The molecular formula is C10H19N5O. The van der Waals surface area contributed by atoms with E-state index in [0.29, 0.717) is 30.9 Å². The number of nitrogens with zero attached hydrogens (tertiary/aromatic N) is 2. The van der Waals surface area contributed by atoms with E-state index in [0.717, 1.165) is 5.82 Å². The Labute approximate surface area is 95.6 Å². The van der Waals surface area contributed by atoms with Gasteiger partial charge in [0, 0.05) is 18.7 Å². The van der Waals surface area contributed by atoms with Gasteiger partial charge in [-0.25, -0.2) is 15.8 Å². The first-order valence-electron chi connectivity index (χ1n) is 5.34. The quantitative estimate of drug-likeness (QED) is 0.497. The van der Waals surface area contributed by atoms with E-state index < -0.39 is 0 Å². The summed E-state index contributed by atoms with van der Waals surface area (Å²) in [5.41, 5.74) is 2.51. The zero-order valence-electron chi connectivity index (χ0n) is 9.95. The molecule has 0 spiro atoms. The van der Waals surface area contributed by atoms with Gasteiger partial charge >= 0.3 is 0 Å². The molecule has 0 saturated carbocycles. The summed E-state index contributed by atoms with van der Waals surface area (Å²) in [4.78, 5) is 8.50. The molecule has 0 amide bonds. The SMILES string of the molecule is CCOCc1nc(NN)cc(NC(C)C)n1. The van der Waals surface area contributed by atoms with Crippen LogP contribution in [0.3, 0.4) is 0 Å². The Kier molecular flexibility index (Phi) is 4.94. The molecule has 0 radical (unpaired) electrons. The van der Waals surface area contributed by atoms with Gasteiger partial charge in [0.1, 0.15) is 18.2 Å². The highest BCUT2D eigenvalue weighted by molar-refractivity contribution is 5.47. The summed E-state index contributed by atoms with van der Waals surface area (Å²) in [6.45, 7) is 7.04. The standard InChI is InChI=1S/C10H19N5O/c1-4-16-6-10-13-8(12-7(2)3)5-9(14-10)15-11/h5,7H,4,6,11H2,1-3H3,(H2,12,13,14,15). The maximum atomic E-state index is 5.34. The molecule has 0 saturated heterocycles. The van der Waals surface area contributed by atoms with Crippen LogP contribution in [0.5, 0.6) is 0 Å². The average Bonchev–Trinajstić information content (AvgIpc) is 2.25. The number of aromatic nitrogens is 2. The van der Waals surface area contributed by atoms with Crippen LogP contribution in [0, 0.1) is 0 Å². The maximum Gasteiger partial charge on any atom is 0.158 e. The first kappa shape index (κ1) is 12.7. The van der Waals surface area contributed by atoms with E-state index in [1.54, 1.807) is 6.07 Å². The van der Waals surface area contributed by atoms with E-state index in [9.17, 15) is 0 Å². The third-order valence-corrected chi connectivity index (χ3v) is 1.79. The number of nitrogens with two attached hydrogens (primary N) is 1. The van der Waals surface area contributed by atoms with Crippen LogP contribution in [-0.2, 0) is 11.3 Å². The molecule has 0 atom stereocenters. The van der Waals surface area contributed by atoms with E-state index in [1.165, 1.54) is 0 Å². The van der Waals surface area contributed by atoms with Crippen molar-refractivity contribution >= 4 is 11.6 Å². The van der Waals surface area contributed by atoms with Crippen molar-refractivity contribution in [2.75, 3.05) is 17.3 Å². The fraction of sp³-hybridized carbons (Fsp3) is 0.600. The molecule has 4 N–H and O–H groups in total. The molecule has 16 heavy (non-hydrogen) atoms. The van der Waals surface area contributed by atoms with Gasteiger partial charge in [-0.2, -0.15) is 0 Å². The van der Waals surface area contributed by atoms with Crippen molar-refractivity contribution in [3.8, 4) is 0 Å². The van der Waals surface area contributed by atoms with Gasteiger partial charge < -0.3 is 15.5 Å². The molecule has 0 fully saturated rings. The molecule has 1 aromatic heterocycles. The van der Waals surface area contributed by atoms with Crippen LogP contribution in [-0.4, -0.2) is 22.6 Å². The molecule has 6 nitrogen and oxygen atoms in total. The highest BCUT2D eigenvalue weighted by Crippen LogP contribution is 2.11. The Bertz CT molecular complexity index is 329. The summed E-state index contributed by atoms with van der Waals surface area (Å²) in [5.74, 6) is 7.27. The highest BCUT2D eigenvalue weighted by atomic mass is 16.5. The van der Waals surface area contributed by atoms with E-state index >= 15 is 0 Å². The Morgan fingerprint density at radius 3 is 2.62 bits per heavy atom. The van der Waals surface area contributed by atoms with Gasteiger partial charge in [-0.3, -0.25) is 0 Å². The molecule has 6 heteroatoms. The summed E-state index contributed by atoms with van der Waals surface area (Å²) in [6.07, 6.45) is 0. The molecule has 0 aliphatic carbocycles. The van der Waals surface area contributed by atoms with Crippen molar-refractivity contribution in [3.63, 3.8) is 0 Å². The van der Waals surface area contributed by atoms with Crippen molar-refractivity contribution in [2.24, 2.45) is 5.84 Å².